The second kappa shape index (κ2) is 8.21. The van der Waals surface area contributed by atoms with Crippen LogP contribution in [-0.4, -0.2) is 16.6 Å². The third-order valence-electron chi connectivity index (χ3n) is 2.30. The van der Waals surface area contributed by atoms with Gasteiger partial charge in [-0.15, -0.1) is 0 Å². The maximum atomic E-state index is 5.49. The van der Waals surface area contributed by atoms with Gasteiger partial charge in [0.25, 0.3) is 0 Å². The summed E-state index contributed by atoms with van der Waals surface area (Å²) >= 11 is 0. The highest BCUT2D eigenvalue weighted by Gasteiger charge is 1.93. The summed E-state index contributed by atoms with van der Waals surface area (Å²) in [5.74, 6) is 0.769. The molecule has 0 spiro atoms. The summed E-state index contributed by atoms with van der Waals surface area (Å²) in [5.41, 5.74) is 0. The lowest BCUT2D eigenvalue weighted by Gasteiger charge is -2.04. The van der Waals surface area contributed by atoms with E-state index in [-0.39, 0.29) is 0 Å². The van der Waals surface area contributed by atoms with Gasteiger partial charge in [-0.3, -0.25) is 0 Å². The predicted octanol–water partition coefficient (Wildman–Crippen LogP) is 3.22. The van der Waals surface area contributed by atoms with Crippen LogP contribution in [0.5, 0.6) is 5.75 Å². The molecule has 3 heteroatoms. The van der Waals surface area contributed by atoms with Crippen molar-refractivity contribution in [3.63, 3.8) is 0 Å². The molecule has 0 radical (unpaired) electrons. The molecule has 3 nitrogen and oxygen atoms in total. The van der Waals surface area contributed by atoms with Gasteiger partial charge in [0, 0.05) is 0 Å². The Kier molecular flexibility index (Phi) is 6.54. The highest BCUT2D eigenvalue weighted by atomic mass is 16.5. The SMILES string of the molecule is CCCCCCCCOc1cncnc1. The van der Waals surface area contributed by atoms with E-state index in [4.69, 9.17) is 4.74 Å². The Labute approximate surface area is 91.9 Å². The Bertz CT molecular complexity index is 239. The van der Waals surface area contributed by atoms with Crippen LogP contribution in [0.1, 0.15) is 45.4 Å². The summed E-state index contributed by atoms with van der Waals surface area (Å²) < 4.78 is 5.49. The van der Waals surface area contributed by atoms with E-state index in [9.17, 15) is 0 Å². The van der Waals surface area contributed by atoms with Gasteiger partial charge >= 0.3 is 0 Å². The Morgan fingerprint density at radius 2 is 1.67 bits per heavy atom. The zero-order chi connectivity index (χ0) is 10.8. The number of unbranched alkanes of at least 4 members (excludes halogenated alkanes) is 5. The number of nitrogens with zero attached hydrogens (tertiary/aromatic N) is 2. The monoisotopic (exact) mass is 208 g/mol. The molecule has 0 unspecified atom stereocenters. The van der Waals surface area contributed by atoms with Gasteiger partial charge in [-0.25, -0.2) is 9.97 Å². The molecule has 0 saturated heterocycles. The molecule has 84 valence electrons. The van der Waals surface area contributed by atoms with Gasteiger partial charge in [0.05, 0.1) is 19.0 Å². The van der Waals surface area contributed by atoms with Crippen LogP contribution in [-0.2, 0) is 0 Å². The van der Waals surface area contributed by atoms with Crippen LogP contribution >= 0.6 is 0 Å². The largest absolute Gasteiger partial charge is 0.490 e. The van der Waals surface area contributed by atoms with E-state index in [1.807, 2.05) is 0 Å². The van der Waals surface area contributed by atoms with Gasteiger partial charge in [0.1, 0.15) is 6.33 Å². The van der Waals surface area contributed by atoms with Gasteiger partial charge in [-0.05, 0) is 6.42 Å². The normalized spacial score (nSPS) is 10.2. The van der Waals surface area contributed by atoms with Crippen molar-refractivity contribution in [3.05, 3.63) is 18.7 Å². The second-order valence-electron chi connectivity index (χ2n) is 3.69. The smallest absolute Gasteiger partial charge is 0.155 e. The van der Waals surface area contributed by atoms with Crippen molar-refractivity contribution in [2.75, 3.05) is 6.61 Å². The fourth-order valence-electron chi connectivity index (χ4n) is 1.43. The van der Waals surface area contributed by atoms with Crippen LogP contribution in [0.15, 0.2) is 18.7 Å². The van der Waals surface area contributed by atoms with Crippen molar-refractivity contribution in [1.29, 1.82) is 0 Å². The van der Waals surface area contributed by atoms with E-state index in [2.05, 4.69) is 16.9 Å². The quantitative estimate of drug-likeness (QED) is 0.615. The zero-order valence-corrected chi connectivity index (χ0v) is 9.48. The van der Waals surface area contributed by atoms with Gasteiger partial charge in [0.2, 0.25) is 0 Å². The van der Waals surface area contributed by atoms with Crippen molar-refractivity contribution >= 4 is 0 Å². The summed E-state index contributed by atoms with van der Waals surface area (Å²) in [6.45, 7) is 3.01. The summed E-state index contributed by atoms with van der Waals surface area (Å²) in [6.07, 6.45) is 12.6. The van der Waals surface area contributed by atoms with Crippen LogP contribution in [0, 0.1) is 0 Å². The first-order valence-corrected chi connectivity index (χ1v) is 5.81. The minimum Gasteiger partial charge on any atom is -0.490 e. The molecular weight excluding hydrogens is 188 g/mol. The Hall–Kier alpha value is -1.12. The molecule has 15 heavy (non-hydrogen) atoms. The molecule has 1 heterocycles. The summed E-state index contributed by atoms with van der Waals surface area (Å²) in [5, 5.41) is 0. The first-order chi connectivity index (χ1) is 7.43. The molecule has 1 aromatic heterocycles. The van der Waals surface area contributed by atoms with E-state index in [1.54, 1.807) is 12.4 Å². The van der Waals surface area contributed by atoms with Gasteiger partial charge in [0.15, 0.2) is 5.75 Å². The lowest BCUT2D eigenvalue weighted by Crippen LogP contribution is -1.97. The van der Waals surface area contributed by atoms with Gasteiger partial charge < -0.3 is 4.74 Å². The van der Waals surface area contributed by atoms with E-state index in [0.717, 1.165) is 18.8 Å². The van der Waals surface area contributed by atoms with Crippen molar-refractivity contribution < 1.29 is 4.74 Å². The third-order valence-corrected chi connectivity index (χ3v) is 2.30. The van der Waals surface area contributed by atoms with Crippen molar-refractivity contribution in [3.8, 4) is 5.75 Å². The molecule has 0 atom stereocenters. The van der Waals surface area contributed by atoms with Crippen molar-refractivity contribution in [2.24, 2.45) is 0 Å². The Morgan fingerprint density at radius 3 is 2.40 bits per heavy atom. The van der Waals surface area contributed by atoms with Crippen LogP contribution in [0.25, 0.3) is 0 Å². The zero-order valence-electron chi connectivity index (χ0n) is 9.48. The molecule has 1 aromatic rings. The van der Waals surface area contributed by atoms with E-state index in [0.29, 0.717) is 0 Å². The maximum Gasteiger partial charge on any atom is 0.155 e. The lowest BCUT2D eigenvalue weighted by atomic mass is 10.1. The topological polar surface area (TPSA) is 35.0 Å². The Balaban J connectivity index is 1.93. The van der Waals surface area contributed by atoms with Crippen LogP contribution in [0.2, 0.25) is 0 Å². The molecule has 0 aliphatic carbocycles. The van der Waals surface area contributed by atoms with Crippen molar-refractivity contribution in [1.82, 2.24) is 9.97 Å². The van der Waals surface area contributed by atoms with E-state index < -0.39 is 0 Å². The fourth-order valence-corrected chi connectivity index (χ4v) is 1.43. The van der Waals surface area contributed by atoms with E-state index >= 15 is 0 Å². The molecule has 0 aromatic carbocycles. The maximum absolute atomic E-state index is 5.49. The van der Waals surface area contributed by atoms with E-state index in [1.165, 1.54) is 38.4 Å². The average Bonchev–Trinajstić information content (AvgIpc) is 2.29. The summed E-state index contributed by atoms with van der Waals surface area (Å²) in [4.78, 5) is 7.78. The standard InChI is InChI=1S/C12H20N2O/c1-2-3-4-5-6-7-8-15-12-9-13-11-14-10-12/h9-11H,2-8H2,1H3. The average molecular weight is 208 g/mol. The highest BCUT2D eigenvalue weighted by Crippen LogP contribution is 2.08. The molecule has 1 rings (SSSR count). The minimum atomic E-state index is 0.769. The molecular formula is C12H20N2O. The number of rotatable bonds is 8. The minimum absolute atomic E-state index is 0.769. The lowest BCUT2D eigenvalue weighted by molar-refractivity contribution is 0.302. The molecule has 0 fully saturated rings. The predicted molar refractivity (Wildman–Crippen MR) is 60.9 cm³/mol. The molecule has 0 saturated carbocycles. The third kappa shape index (κ3) is 6.05. The molecule has 0 bridgehead atoms. The fraction of sp³-hybridized carbons (Fsp3) is 0.667. The number of hydrogen-bond donors (Lipinski definition) is 0. The highest BCUT2D eigenvalue weighted by molar-refractivity contribution is 5.09. The Morgan fingerprint density at radius 1 is 1.00 bits per heavy atom. The van der Waals surface area contributed by atoms with Gasteiger partial charge in [-0.1, -0.05) is 39.0 Å². The summed E-state index contributed by atoms with van der Waals surface area (Å²) in [7, 11) is 0. The molecule has 0 N–H and O–H groups in total. The van der Waals surface area contributed by atoms with Crippen molar-refractivity contribution in [2.45, 2.75) is 45.4 Å². The first-order valence-electron chi connectivity index (χ1n) is 5.81. The summed E-state index contributed by atoms with van der Waals surface area (Å²) in [6, 6.07) is 0. The van der Waals surface area contributed by atoms with Crippen LogP contribution in [0.3, 0.4) is 0 Å². The van der Waals surface area contributed by atoms with Gasteiger partial charge in [-0.2, -0.15) is 0 Å². The number of hydrogen-bond acceptors (Lipinski definition) is 3. The molecule has 0 amide bonds. The first kappa shape index (κ1) is 12.0. The number of aromatic nitrogens is 2. The second-order valence-corrected chi connectivity index (χ2v) is 3.69. The molecule has 0 aliphatic rings. The number of ether oxygens (including phenoxy) is 1. The van der Waals surface area contributed by atoms with Crippen LogP contribution < -0.4 is 4.74 Å². The van der Waals surface area contributed by atoms with Crippen LogP contribution in [0.4, 0.5) is 0 Å². The molecule has 0 aliphatic heterocycles.